The summed E-state index contributed by atoms with van der Waals surface area (Å²) >= 11 is 0. The van der Waals surface area contributed by atoms with Crippen molar-refractivity contribution in [1.82, 2.24) is 0 Å². The van der Waals surface area contributed by atoms with E-state index in [9.17, 15) is 9.59 Å². The SMILES string of the molecule is CC(C)COC(=O)O[C@H]1C[C@H]2[C@@H](C)C(=O)O[C@@H]3OC4(C)CC[C@@H]([C@@H]1C)[C@]32OO4. The number of esters is 1. The Morgan fingerprint density at radius 2 is 2.00 bits per heavy atom. The maximum atomic E-state index is 12.5. The molecule has 8 heteroatoms. The molecule has 2 bridgehead atoms. The molecule has 158 valence electrons. The van der Waals surface area contributed by atoms with Crippen molar-refractivity contribution in [3.8, 4) is 0 Å². The lowest BCUT2D eigenvalue weighted by Crippen LogP contribution is -2.71. The second kappa shape index (κ2) is 6.85. The van der Waals surface area contributed by atoms with Crippen molar-refractivity contribution in [3.63, 3.8) is 0 Å². The van der Waals surface area contributed by atoms with Crippen LogP contribution >= 0.6 is 0 Å². The Hall–Kier alpha value is -1.38. The molecule has 5 fully saturated rings. The van der Waals surface area contributed by atoms with Crippen molar-refractivity contribution < 1.29 is 38.3 Å². The van der Waals surface area contributed by atoms with E-state index < -0.39 is 29.8 Å². The molecule has 0 aromatic carbocycles. The van der Waals surface area contributed by atoms with Crippen molar-refractivity contribution in [2.24, 2.45) is 29.6 Å². The van der Waals surface area contributed by atoms with Crippen molar-refractivity contribution in [1.29, 1.82) is 0 Å². The minimum absolute atomic E-state index is 0.0259. The topological polar surface area (TPSA) is 89.5 Å². The first-order valence-electron chi connectivity index (χ1n) is 10.2. The maximum absolute atomic E-state index is 12.5. The van der Waals surface area contributed by atoms with E-state index in [0.29, 0.717) is 19.4 Å². The molecule has 1 unspecified atom stereocenters. The van der Waals surface area contributed by atoms with Crippen LogP contribution in [0.1, 0.15) is 53.9 Å². The van der Waals surface area contributed by atoms with Crippen LogP contribution < -0.4 is 0 Å². The summed E-state index contributed by atoms with van der Waals surface area (Å²) < 4.78 is 22.6. The van der Waals surface area contributed by atoms with Gasteiger partial charge in [-0.25, -0.2) is 14.6 Å². The lowest BCUT2D eigenvalue weighted by Gasteiger charge is -2.58. The Morgan fingerprint density at radius 1 is 1.25 bits per heavy atom. The summed E-state index contributed by atoms with van der Waals surface area (Å²) in [4.78, 5) is 36.4. The van der Waals surface area contributed by atoms with Gasteiger partial charge in [0, 0.05) is 18.3 Å². The van der Waals surface area contributed by atoms with Crippen LogP contribution in [0.2, 0.25) is 0 Å². The average molecular weight is 398 g/mol. The highest BCUT2D eigenvalue weighted by Crippen LogP contribution is 2.60. The van der Waals surface area contributed by atoms with Gasteiger partial charge in [0.25, 0.3) is 0 Å². The lowest BCUT2D eigenvalue weighted by molar-refractivity contribution is -0.560. The molecule has 8 atom stereocenters. The molecule has 5 aliphatic rings. The summed E-state index contributed by atoms with van der Waals surface area (Å²) in [5, 5.41) is 0. The van der Waals surface area contributed by atoms with Gasteiger partial charge in [0.2, 0.25) is 12.1 Å². The molecule has 28 heavy (non-hydrogen) atoms. The van der Waals surface area contributed by atoms with E-state index in [2.05, 4.69) is 0 Å². The highest BCUT2D eigenvalue weighted by atomic mass is 17.3. The monoisotopic (exact) mass is 398 g/mol. The number of carbonyl (C=O) groups excluding carboxylic acids is 2. The normalized spacial score (nSPS) is 47.1. The molecule has 1 spiro atoms. The van der Waals surface area contributed by atoms with E-state index >= 15 is 0 Å². The fourth-order valence-corrected chi connectivity index (χ4v) is 5.25. The zero-order valence-electron chi connectivity index (χ0n) is 17.1. The minimum Gasteiger partial charge on any atom is -0.434 e. The zero-order chi connectivity index (χ0) is 20.3. The molecule has 8 nitrogen and oxygen atoms in total. The van der Waals surface area contributed by atoms with Gasteiger partial charge in [-0.1, -0.05) is 27.7 Å². The maximum Gasteiger partial charge on any atom is 0.508 e. The molecule has 4 aliphatic heterocycles. The summed E-state index contributed by atoms with van der Waals surface area (Å²) in [6.07, 6.45) is -0.0295. The van der Waals surface area contributed by atoms with Crippen molar-refractivity contribution >= 4 is 12.1 Å². The van der Waals surface area contributed by atoms with Gasteiger partial charge < -0.3 is 18.9 Å². The zero-order valence-corrected chi connectivity index (χ0v) is 17.1. The molecule has 0 aromatic rings. The van der Waals surface area contributed by atoms with Crippen LogP contribution in [0, 0.1) is 29.6 Å². The lowest BCUT2D eigenvalue weighted by atomic mass is 9.57. The van der Waals surface area contributed by atoms with Gasteiger partial charge in [-0.15, -0.1) is 0 Å². The van der Waals surface area contributed by atoms with E-state index in [1.165, 1.54) is 0 Å². The van der Waals surface area contributed by atoms with Gasteiger partial charge in [-0.2, -0.15) is 0 Å². The summed E-state index contributed by atoms with van der Waals surface area (Å²) in [6, 6.07) is 0. The molecule has 0 N–H and O–H groups in total. The fraction of sp³-hybridized carbons (Fsp3) is 0.900. The highest BCUT2D eigenvalue weighted by molar-refractivity contribution is 5.74. The van der Waals surface area contributed by atoms with Crippen molar-refractivity contribution in [2.45, 2.75) is 77.7 Å². The third kappa shape index (κ3) is 3.00. The van der Waals surface area contributed by atoms with Gasteiger partial charge >= 0.3 is 12.1 Å². The first-order valence-corrected chi connectivity index (χ1v) is 10.2. The Morgan fingerprint density at radius 3 is 2.71 bits per heavy atom. The molecule has 1 aliphatic carbocycles. The second-order valence-electron chi connectivity index (χ2n) is 9.29. The molecule has 4 saturated heterocycles. The smallest absolute Gasteiger partial charge is 0.434 e. The van der Waals surface area contributed by atoms with Crippen LogP contribution in [-0.2, 0) is 33.5 Å². The number of carbonyl (C=O) groups is 2. The summed E-state index contributed by atoms with van der Waals surface area (Å²) in [5.74, 6) is -1.78. The minimum atomic E-state index is -0.953. The Labute approximate surface area is 165 Å². The standard InChI is InChI=1S/C20H30O8/c1-10(2)9-23-18(22)24-15-8-14-12(4)16(21)25-17-20(14)13(11(15)3)6-7-19(5,26-17)27-28-20/h10-15,17H,6-9H2,1-5H3/t11-,12+,13-,14-,15-,17+,19?,20+/m0/s1. The Kier molecular flexibility index (Phi) is 4.87. The Balaban J connectivity index is 1.62. The molecule has 0 radical (unpaired) electrons. The van der Waals surface area contributed by atoms with E-state index in [1.54, 1.807) is 6.92 Å². The summed E-state index contributed by atoms with van der Waals surface area (Å²) in [6.45, 7) is 9.90. The van der Waals surface area contributed by atoms with E-state index in [4.69, 9.17) is 28.7 Å². The van der Waals surface area contributed by atoms with Crippen LogP contribution in [0.3, 0.4) is 0 Å². The number of fused-ring (bicyclic) bond motifs is 2. The first-order chi connectivity index (χ1) is 13.2. The number of hydrogen-bond acceptors (Lipinski definition) is 8. The quantitative estimate of drug-likeness (QED) is 0.529. The molecule has 0 amide bonds. The van der Waals surface area contributed by atoms with Crippen LogP contribution in [0.4, 0.5) is 4.79 Å². The first kappa shape index (κ1) is 19.9. The predicted octanol–water partition coefficient (Wildman–Crippen LogP) is 3.18. The average Bonchev–Trinajstić information content (AvgIpc) is 2.86. The van der Waals surface area contributed by atoms with Crippen molar-refractivity contribution in [3.05, 3.63) is 0 Å². The van der Waals surface area contributed by atoms with Gasteiger partial charge in [-0.3, -0.25) is 4.79 Å². The van der Waals surface area contributed by atoms with Gasteiger partial charge in [0.1, 0.15) is 6.10 Å². The van der Waals surface area contributed by atoms with Crippen LogP contribution in [0.15, 0.2) is 0 Å². The third-order valence-corrected chi connectivity index (χ3v) is 6.84. The summed E-state index contributed by atoms with van der Waals surface area (Å²) in [7, 11) is 0. The van der Waals surface area contributed by atoms with Gasteiger partial charge in [0.15, 0.2) is 5.60 Å². The summed E-state index contributed by atoms with van der Waals surface area (Å²) in [5.41, 5.74) is -0.884. The molecular weight excluding hydrogens is 368 g/mol. The third-order valence-electron chi connectivity index (χ3n) is 6.84. The van der Waals surface area contributed by atoms with Crippen LogP contribution in [0.25, 0.3) is 0 Å². The molecule has 5 rings (SSSR count). The number of rotatable bonds is 3. The molecule has 4 heterocycles. The highest BCUT2D eigenvalue weighted by Gasteiger charge is 2.71. The van der Waals surface area contributed by atoms with E-state index in [0.717, 1.165) is 6.42 Å². The van der Waals surface area contributed by atoms with E-state index in [1.807, 2.05) is 27.7 Å². The van der Waals surface area contributed by atoms with Gasteiger partial charge in [-0.05, 0) is 31.6 Å². The fourth-order valence-electron chi connectivity index (χ4n) is 5.25. The largest absolute Gasteiger partial charge is 0.508 e. The van der Waals surface area contributed by atoms with Gasteiger partial charge in [0.05, 0.1) is 12.5 Å². The second-order valence-corrected chi connectivity index (χ2v) is 9.29. The number of hydrogen-bond donors (Lipinski definition) is 0. The number of ether oxygens (including phenoxy) is 4. The Bertz CT molecular complexity index is 650. The van der Waals surface area contributed by atoms with E-state index in [-0.39, 0.29) is 35.7 Å². The van der Waals surface area contributed by atoms with Crippen LogP contribution in [0.5, 0.6) is 0 Å². The molecular formula is C20H30O8. The van der Waals surface area contributed by atoms with Crippen LogP contribution in [-0.4, -0.2) is 42.5 Å². The predicted molar refractivity (Wildman–Crippen MR) is 94.5 cm³/mol. The van der Waals surface area contributed by atoms with Crippen molar-refractivity contribution in [2.75, 3.05) is 6.61 Å². The molecule has 1 saturated carbocycles. The molecule has 0 aromatic heterocycles.